The van der Waals surface area contributed by atoms with Gasteiger partial charge in [0.15, 0.2) is 5.13 Å². The number of rotatable bonds is 6. The number of amides is 1. The fourth-order valence-electron chi connectivity index (χ4n) is 4.03. The Morgan fingerprint density at radius 2 is 1.93 bits per heavy atom. The first-order valence-electron chi connectivity index (χ1n) is 10.1. The third kappa shape index (κ3) is 3.67. The van der Waals surface area contributed by atoms with Gasteiger partial charge in [0.05, 0.1) is 16.5 Å². The Labute approximate surface area is 179 Å². The molecule has 0 aliphatic heterocycles. The van der Waals surface area contributed by atoms with Crippen LogP contribution in [0.3, 0.4) is 0 Å². The second-order valence-electron chi connectivity index (χ2n) is 8.07. The molecule has 2 saturated carbocycles. The molecule has 0 saturated heterocycles. The number of fused-ring (bicyclic) bond motifs is 1. The number of sulfonamides is 1. The van der Waals surface area contributed by atoms with E-state index in [4.69, 9.17) is 0 Å². The van der Waals surface area contributed by atoms with Crippen molar-refractivity contribution in [3.05, 3.63) is 53.3 Å². The lowest BCUT2D eigenvalue weighted by molar-refractivity contribution is 0.0930. The summed E-state index contributed by atoms with van der Waals surface area (Å²) in [7, 11) is -3.41. The van der Waals surface area contributed by atoms with Crippen molar-refractivity contribution >= 4 is 43.2 Å². The van der Waals surface area contributed by atoms with Crippen molar-refractivity contribution in [3.8, 4) is 0 Å². The first kappa shape index (κ1) is 19.4. The summed E-state index contributed by atoms with van der Waals surface area (Å²) in [4.78, 5) is 21.5. The Morgan fingerprint density at radius 3 is 2.70 bits per heavy atom. The molecule has 0 bridgehead atoms. The third-order valence-corrected chi connectivity index (χ3v) is 8.68. The zero-order valence-electron chi connectivity index (χ0n) is 16.3. The van der Waals surface area contributed by atoms with Crippen molar-refractivity contribution in [2.45, 2.75) is 49.3 Å². The molecule has 0 spiro atoms. The summed E-state index contributed by atoms with van der Waals surface area (Å²) in [5.41, 5.74) is 0.782. The maximum Gasteiger partial charge on any atom is 0.252 e. The Kier molecular flexibility index (Phi) is 4.74. The monoisotopic (exact) mass is 442 g/mol. The average Bonchev–Trinajstić information content (AvgIpc) is 3.12. The number of thiazole rings is 1. The molecule has 9 heteroatoms. The highest BCUT2D eigenvalue weighted by Gasteiger charge is 2.48. The van der Waals surface area contributed by atoms with Gasteiger partial charge in [-0.2, -0.15) is 0 Å². The van der Waals surface area contributed by atoms with E-state index >= 15 is 0 Å². The van der Waals surface area contributed by atoms with Crippen LogP contribution in [0.15, 0.2) is 42.0 Å². The maximum absolute atomic E-state index is 12.9. The van der Waals surface area contributed by atoms with Crippen LogP contribution in [0.4, 0.5) is 5.13 Å². The van der Waals surface area contributed by atoms with Crippen molar-refractivity contribution in [2.75, 3.05) is 4.72 Å². The second kappa shape index (κ2) is 7.31. The molecule has 3 aromatic rings. The van der Waals surface area contributed by atoms with Crippen LogP contribution in [-0.4, -0.2) is 29.5 Å². The Bertz CT molecular complexity index is 1210. The predicted octanol–water partition coefficient (Wildman–Crippen LogP) is 3.79. The van der Waals surface area contributed by atoms with Crippen LogP contribution < -0.4 is 10.0 Å². The van der Waals surface area contributed by atoms with E-state index in [2.05, 4.69) is 20.0 Å². The number of nitrogens with one attached hydrogen (secondary N) is 2. The van der Waals surface area contributed by atoms with E-state index in [0.29, 0.717) is 23.5 Å². The van der Waals surface area contributed by atoms with Crippen LogP contribution in [0.1, 0.15) is 54.6 Å². The van der Waals surface area contributed by atoms with Gasteiger partial charge in [-0.15, -0.1) is 11.3 Å². The highest BCUT2D eigenvalue weighted by atomic mass is 32.2. The molecule has 2 aliphatic rings. The van der Waals surface area contributed by atoms with Crippen molar-refractivity contribution in [1.82, 2.24) is 15.3 Å². The number of benzene rings is 1. The van der Waals surface area contributed by atoms with E-state index in [9.17, 15) is 13.2 Å². The topological polar surface area (TPSA) is 101 Å². The number of hydrogen-bond donors (Lipinski definition) is 2. The molecule has 2 aliphatic carbocycles. The normalized spacial score (nSPS) is 18.4. The van der Waals surface area contributed by atoms with E-state index in [1.165, 1.54) is 11.3 Å². The lowest BCUT2D eigenvalue weighted by Gasteiger charge is -2.16. The van der Waals surface area contributed by atoms with Crippen molar-refractivity contribution < 1.29 is 13.2 Å². The summed E-state index contributed by atoms with van der Waals surface area (Å²) >= 11 is 1.27. The van der Waals surface area contributed by atoms with E-state index < -0.39 is 15.6 Å². The molecule has 0 atom stereocenters. The molecule has 156 valence electrons. The van der Waals surface area contributed by atoms with Crippen molar-refractivity contribution in [3.63, 3.8) is 0 Å². The van der Waals surface area contributed by atoms with Crippen molar-refractivity contribution in [2.24, 2.45) is 0 Å². The van der Waals surface area contributed by atoms with Crippen molar-refractivity contribution in [1.29, 1.82) is 0 Å². The Morgan fingerprint density at radius 1 is 1.13 bits per heavy atom. The second-order valence-corrected chi connectivity index (χ2v) is 10.9. The minimum Gasteiger partial charge on any atom is -0.341 e. The summed E-state index contributed by atoms with van der Waals surface area (Å²) in [5, 5.41) is 6.93. The third-order valence-electron chi connectivity index (χ3n) is 5.97. The summed E-state index contributed by atoms with van der Waals surface area (Å²) in [5.74, 6) is -0.160. The summed E-state index contributed by atoms with van der Waals surface area (Å²) in [6.07, 6.45) is 8.36. The van der Waals surface area contributed by atoms with Crippen LogP contribution >= 0.6 is 11.3 Å². The summed E-state index contributed by atoms with van der Waals surface area (Å²) < 4.78 is 27.7. The highest BCUT2D eigenvalue weighted by molar-refractivity contribution is 7.93. The van der Waals surface area contributed by atoms with Crippen LogP contribution in [-0.2, 0) is 15.6 Å². The SMILES string of the molecule is O=C(NC1(c2csc(NS(=O)(=O)C3CCCC3)n2)CC1)c1ccc2cnccc2c1. The zero-order valence-corrected chi connectivity index (χ0v) is 17.9. The van der Waals surface area contributed by atoms with Crippen LogP contribution in [0.2, 0.25) is 0 Å². The number of carbonyl (C=O) groups excluding carboxylic acids is 1. The molecule has 0 unspecified atom stereocenters. The number of anilines is 1. The van der Waals surface area contributed by atoms with E-state index in [1.807, 2.05) is 23.6 Å². The zero-order chi connectivity index (χ0) is 20.8. The molecule has 7 nitrogen and oxygen atoms in total. The molecule has 1 amide bonds. The quantitative estimate of drug-likeness (QED) is 0.605. The first-order chi connectivity index (χ1) is 14.5. The van der Waals surface area contributed by atoms with Gasteiger partial charge in [-0.25, -0.2) is 13.4 Å². The largest absolute Gasteiger partial charge is 0.341 e. The maximum atomic E-state index is 12.9. The number of nitrogens with zero attached hydrogens (tertiary/aromatic N) is 2. The van der Waals surface area contributed by atoms with E-state index in [0.717, 1.165) is 42.1 Å². The summed E-state index contributed by atoms with van der Waals surface area (Å²) in [6, 6.07) is 7.40. The lowest BCUT2D eigenvalue weighted by Crippen LogP contribution is -2.35. The molecule has 2 fully saturated rings. The first-order valence-corrected chi connectivity index (χ1v) is 12.5. The molecule has 2 N–H and O–H groups in total. The van der Waals surface area contributed by atoms with Gasteiger partial charge in [-0.1, -0.05) is 18.9 Å². The molecular weight excluding hydrogens is 420 g/mol. The molecule has 0 radical (unpaired) electrons. The van der Waals surface area contributed by atoms with Gasteiger partial charge in [-0.05, 0) is 49.3 Å². The van der Waals surface area contributed by atoms with Gasteiger partial charge in [0.1, 0.15) is 0 Å². The van der Waals surface area contributed by atoms with Gasteiger partial charge in [0, 0.05) is 28.7 Å². The smallest absolute Gasteiger partial charge is 0.252 e. The Balaban J connectivity index is 1.31. The fourth-order valence-corrected chi connectivity index (χ4v) is 6.63. The van der Waals surface area contributed by atoms with Gasteiger partial charge in [0.25, 0.3) is 5.91 Å². The minimum absolute atomic E-state index is 0.160. The predicted molar refractivity (Wildman–Crippen MR) is 117 cm³/mol. The van der Waals surface area contributed by atoms with Gasteiger partial charge in [-0.3, -0.25) is 14.5 Å². The minimum atomic E-state index is -3.41. The number of hydrogen-bond acceptors (Lipinski definition) is 6. The van der Waals surface area contributed by atoms with Gasteiger partial charge < -0.3 is 5.32 Å². The van der Waals surface area contributed by atoms with Crippen LogP contribution in [0, 0.1) is 0 Å². The van der Waals surface area contributed by atoms with Gasteiger partial charge >= 0.3 is 0 Å². The molecular formula is C21H22N4O3S2. The highest BCUT2D eigenvalue weighted by Crippen LogP contribution is 2.46. The molecule has 2 heterocycles. The molecule has 2 aromatic heterocycles. The standard InChI is InChI=1S/C21H22N4O3S2/c26-19(15-5-6-16-12-22-10-7-14(16)11-15)24-21(8-9-21)18-13-29-20(23-18)25-30(27,28)17-3-1-2-4-17/h5-7,10-13,17H,1-4,8-9H2,(H,23,25)(H,24,26). The number of aromatic nitrogens is 2. The van der Waals surface area contributed by atoms with Crippen LogP contribution in [0.25, 0.3) is 10.8 Å². The number of carbonyl (C=O) groups is 1. The van der Waals surface area contributed by atoms with Gasteiger partial charge in [0.2, 0.25) is 10.0 Å². The van der Waals surface area contributed by atoms with E-state index in [-0.39, 0.29) is 11.2 Å². The average molecular weight is 443 g/mol. The fraction of sp³-hybridized carbons (Fsp3) is 0.381. The molecule has 1 aromatic carbocycles. The molecule has 30 heavy (non-hydrogen) atoms. The number of pyridine rings is 1. The van der Waals surface area contributed by atoms with Crippen LogP contribution in [0.5, 0.6) is 0 Å². The molecule has 5 rings (SSSR count). The van der Waals surface area contributed by atoms with E-state index in [1.54, 1.807) is 18.5 Å². The summed E-state index contributed by atoms with van der Waals surface area (Å²) in [6.45, 7) is 0. The lowest BCUT2D eigenvalue weighted by atomic mass is 10.1. The Hall–Kier alpha value is -2.52.